The van der Waals surface area contributed by atoms with E-state index in [2.05, 4.69) is 5.16 Å². The van der Waals surface area contributed by atoms with Crippen LogP contribution in [0.3, 0.4) is 0 Å². The summed E-state index contributed by atoms with van der Waals surface area (Å²) in [6.07, 6.45) is 1.97. The molecular weight excluding hydrogens is 368 g/mol. The predicted molar refractivity (Wildman–Crippen MR) is 109 cm³/mol. The fourth-order valence-corrected chi connectivity index (χ4v) is 3.57. The van der Waals surface area contributed by atoms with Gasteiger partial charge in [-0.15, -0.1) is 0 Å². The number of hydrogen-bond donors (Lipinski definition) is 0. The van der Waals surface area contributed by atoms with Crippen molar-refractivity contribution in [1.82, 2.24) is 10.1 Å². The van der Waals surface area contributed by atoms with Crippen molar-refractivity contribution in [3.8, 4) is 22.8 Å². The molecule has 1 amide bonds. The maximum atomic E-state index is 12.9. The van der Waals surface area contributed by atoms with Crippen LogP contribution in [0.2, 0.25) is 0 Å². The first-order chi connectivity index (χ1) is 14.2. The van der Waals surface area contributed by atoms with E-state index < -0.39 is 0 Å². The number of likely N-dealkylation sites (tertiary alicyclic amines) is 1. The Bertz CT molecular complexity index is 954. The molecule has 150 valence electrons. The molecule has 2 aromatic carbocycles. The molecule has 2 heterocycles. The van der Waals surface area contributed by atoms with E-state index in [1.807, 2.05) is 59.5 Å². The van der Waals surface area contributed by atoms with Crippen LogP contribution in [0.25, 0.3) is 11.3 Å². The Morgan fingerprint density at radius 3 is 2.79 bits per heavy atom. The molecule has 0 spiro atoms. The molecule has 3 aromatic rings. The summed E-state index contributed by atoms with van der Waals surface area (Å²) >= 11 is 0. The van der Waals surface area contributed by atoms with Gasteiger partial charge in [-0.05, 0) is 25.0 Å². The quantitative estimate of drug-likeness (QED) is 0.626. The third-order valence-electron chi connectivity index (χ3n) is 5.12. The molecule has 1 aliphatic rings. The second-order valence-corrected chi connectivity index (χ2v) is 7.19. The maximum absolute atomic E-state index is 12.9. The monoisotopic (exact) mass is 392 g/mol. The molecule has 0 N–H and O–H groups in total. The molecule has 1 aliphatic heterocycles. The highest BCUT2D eigenvalue weighted by Gasteiger charge is 2.27. The average molecular weight is 392 g/mol. The van der Waals surface area contributed by atoms with Gasteiger partial charge in [-0.3, -0.25) is 4.79 Å². The Morgan fingerprint density at radius 2 is 1.97 bits per heavy atom. The Balaban J connectivity index is 1.36. The lowest BCUT2D eigenvalue weighted by atomic mass is 9.98. The minimum atomic E-state index is -0.120. The molecule has 1 saturated heterocycles. The van der Waals surface area contributed by atoms with Gasteiger partial charge in [-0.2, -0.15) is 0 Å². The zero-order valence-electron chi connectivity index (χ0n) is 16.4. The standard InChI is InChI=1S/C23H24N2O4/c1-27-19-10-5-11-20(13-19)28-16-17-7-6-12-25(15-17)23(26)22-14-21(24-29-22)18-8-3-2-4-9-18/h2-5,8-11,13-14,17H,6-7,12,15-16H2,1H3. The normalized spacial score (nSPS) is 16.4. The number of nitrogens with zero attached hydrogens (tertiary/aromatic N) is 2. The van der Waals surface area contributed by atoms with Gasteiger partial charge < -0.3 is 18.9 Å². The molecule has 29 heavy (non-hydrogen) atoms. The molecule has 6 heteroatoms. The average Bonchev–Trinajstić information content (AvgIpc) is 3.28. The molecule has 4 rings (SSSR count). The van der Waals surface area contributed by atoms with Crippen LogP contribution in [0.1, 0.15) is 23.4 Å². The Labute approximate surface area is 170 Å². The topological polar surface area (TPSA) is 64.8 Å². The second-order valence-electron chi connectivity index (χ2n) is 7.19. The van der Waals surface area contributed by atoms with Crippen LogP contribution in [0, 0.1) is 5.92 Å². The Kier molecular flexibility index (Phi) is 5.79. The molecule has 0 saturated carbocycles. The van der Waals surface area contributed by atoms with Crippen molar-refractivity contribution in [3.63, 3.8) is 0 Å². The van der Waals surface area contributed by atoms with Crippen molar-refractivity contribution in [1.29, 1.82) is 0 Å². The van der Waals surface area contributed by atoms with Crippen LogP contribution < -0.4 is 9.47 Å². The van der Waals surface area contributed by atoms with E-state index in [-0.39, 0.29) is 17.6 Å². The van der Waals surface area contributed by atoms with Gasteiger partial charge in [-0.1, -0.05) is 41.6 Å². The molecule has 1 unspecified atom stereocenters. The van der Waals surface area contributed by atoms with Gasteiger partial charge in [0.2, 0.25) is 5.76 Å². The number of carbonyl (C=O) groups excluding carboxylic acids is 1. The van der Waals surface area contributed by atoms with E-state index in [0.717, 1.165) is 36.4 Å². The van der Waals surface area contributed by atoms with Crippen molar-refractivity contribution < 1.29 is 18.8 Å². The lowest BCUT2D eigenvalue weighted by Gasteiger charge is -2.32. The Hall–Kier alpha value is -3.28. The number of rotatable bonds is 6. The lowest BCUT2D eigenvalue weighted by molar-refractivity contribution is 0.0593. The summed E-state index contributed by atoms with van der Waals surface area (Å²) in [5.41, 5.74) is 1.60. The lowest BCUT2D eigenvalue weighted by Crippen LogP contribution is -2.41. The first-order valence-electron chi connectivity index (χ1n) is 9.81. The second kappa shape index (κ2) is 8.82. The fourth-order valence-electron chi connectivity index (χ4n) is 3.57. The van der Waals surface area contributed by atoms with Crippen molar-refractivity contribution in [2.24, 2.45) is 5.92 Å². The maximum Gasteiger partial charge on any atom is 0.292 e. The smallest absolute Gasteiger partial charge is 0.292 e. The molecule has 1 atom stereocenters. The van der Waals surface area contributed by atoms with Crippen LogP contribution in [-0.2, 0) is 0 Å². The largest absolute Gasteiger partial charge is 0.497 e. The van der Waals surface area contributed by atoms with Crippen molar-refractivity contribution in [2.45, 2.75) is 12.8 Å². The van der Waals surface area contributed by atoms with E-state index >= 15 is 0 Å². The summed E-state index contributed by atoms with van der Waals surface area (Å²) in [5.74, 6) is 1.97. The molecule has 0 bridgehead atoms. The minimum Gasteiger partial charge on any atom is -0.497 e. The first-order valence-corrected chi connectivity index (χ1v) is 9.81. The summed E-state index contributed by atoms with van der Waals surface area (Å²) < 4.78 is 16.5. The summed E-state index contributed by atoms with van der Waals surface area (Å²) in [6.45, 7) is 1.92. The number of amides is 1. The predicted octanol–water partition coefficient (Wildman–Crippen LogP) is 4.28. The van der Waals surface area contributed by atoms with Gasteiger partial charge in [0.05, 0.1) is 13.7 Å². The molecule has 0 radical (unpaired) electrons. The van der Waals surface area contributed by atoms with Crippen molar-refractivity contribution in [3.05, 3.63) is 66.4 Å². The van der Waals surface area contributed by atoms with E-state index in [0.29, 0.717) is 18.8 Å². The summed E-state index contributed by atoms with van der Waals surface area (Å²) in [7, 11) is 1.64. The third-order valence-corrected chi connectivity index (χ3v) is 5.12. The van der Waals surface area contributed by atoms with Gasteiger partial charge in [0.15, 0.2) is 0 Å². The van der Waals surface area contributed by atoms with Gasteiger partial charge in [-0.25, -0.2) is 0 Å². The highest BCUT2D eigenvalue weighted by molar-refractivity contribution is 5.92. The number of methoxy groups -OCH3 is 1. The van der Waals surface area contributed by atoms with Crippen molar-refractivity contribution >= 4 is 5.91 Å². The fraction of sp³-hybridized carbons (Fsp3) is 0.304. The highest BCUT2D eigenvalue weighted by atomic mass is 16.5. The van der Waals surface area contributed by atoms with Crippen LogP contribution in [-0.4, -0.2) is 42.8 Å². The first kappa shape index (κ1) is 19.1. The zero-order valence-corrected chi connectivity index (χ0v) is 16.4. The summed E-state index contributed by atoms with van der Waals surface area (Å²) in [5, 5.41) is 4.05. The van der Waals surface area contributed by atoms with E-state index in [1.165, 1.54) is 0 Å². The van der Waals surface area contributed by atoms with Crippen LogP contribution >= 0.6 is 0 Å². The van der Waals surface area contributed by atoms with E-state index in [9.17, 15) is 4.79 Å². The van der Waals surface area contributed by atoms with Gasteiger partial charge in [0, 0.05) is 36.7 Å². The molecule has 1 aromatic heterocycles. The van der Waals surface area contributed by atoms with Crippen LogP contribution in [0.15, 0.2) is 65.2 Å². The molecule has 1 fully saturated rings. The molecule has 0 aliphatic carbocycles. The summed E-state index contributed by atoms with van der Waals surface area (Å²) in [4.78, 5) is 14.7. The number of piperidine rings is 1. The number of hydrogen-bond acceptors (Lipinski definition) is 5. The number of benzene rings is 2. The van der Waals surface area contributed by atoms with E-state index in [4.69, 9.17) is 14.0 Å². The highest BCUT2D eigenvalue weighted by Crippen LogP contribution is 2.24. The number of ether oxygens (including phenoxy) is 2. The van der Waals surface area contributed by atoms with Crippen LogP contribution in [0.5, 0.6) is 11.5 Å². The van der Waals surface area contributed by atoms with Gasteiger partial charge in [0.25, 0.3) is 5.91 Å². The van der Waals surface area contributed by atoms with Gasteiger partial charge >= 0.3 is 0 Å². The molecular formula is C23H24N2O4. The number of carbonyl (C=O) groups is 1. The van der Waals surface area contributed by atoms with E-state index in [1.54, 1.807) is 13.2 Å². The minimum absolute atomic E-state index is 0.120. The SMILES string of the molecule is COc1cccc(OCC2CCCN(C(=O)c3cc(-c4ccccc4)no3)C2)c1. The number of aromatic nitrogens is 1. The summed E-state index contributed by atoms with van der Waals surface area (Å²) in [6, 6.07) is 19.0. The Morgan fingerprint density at radius 1 is 1.14 bits per heavy atom. The van der Waals surface area contributed by atoms with Crippen LogP contribution in [0.4, 0.5) is 0 Å². The zero-order chi connectivity index (χ0) is 20.1. The molecule has 6 nitrogen and oxygen atoms in total. The van der Waals surface area contributed by atoms with Gasteiger partial charge in [0.1, 0.15) is 17.2 Å². The third kappa shape index (κ3) is 4.59. The van der Waals surface area contributed by atoms with Crippen molar-refractivity contribution in [2.75, 3.05) is 26.8 Å².